The lowest BCUT2D eigenvalue weighted by molar-refractivity contribution is 0.0630. The van der Waals surface area contributed by atoms with Crippen molar-refractivity contribution < 1.29 is 4.74 Å². The van der Waals surface area contributed by atoms with E-state index in [9.17, 15) is 0 Å². The number of rotatable bonds is 0. The molecule has 0 unspecified atom stereocenters. The molecule has 0 bridgehead atoms. The van der Waals surface area contributed by atoms with Crippen molar-refractivity contribution in [3.05, 3.63) is 23.7 Å². The van der Waals surface area contributed by atoms with Gasteiger partial charge in [0.1, 0.15) is 12.4 Å². The van der Waals surface area contributed by atoms with Gasteiger partial charge in [-0.2, -0.15) is 0 Å². The first kappa shape index (κ1) is 13.3. The van der Waals surface area contributed by atoms with Gasteiger partial charge in [0.25, 0.3) is 0 Å². The molecule has 102 valence electrons. The Morgan fingerprint density at radius 2 is 1.72 bits per heavy atom. The monoisotopic (exact) mass is 250 g/mol. The summed E-state index contributed by atoms with van der Waals surface area (Å²) in [7, 11) is 0. The van der Waals surface area contributed by atoms with Crippen molar-refractivity contribution >= 4 is 0 Å². The normalized spacial score (nSPS) is 21.0. The second-order valence-corrected chi connectivity index (χ2v) is 7.10. The largest absolute Gasteiger partial charge is 0.490 e. The van der Waals surface area contributed by atoms with Crippen LogP contribution in [0.2, 0.25) is 0 Å². The molecule has 3 heteroatoms. The van der Waals surface area contributed by atoms with Gasteiger partial charge in [-0.05, 0) is 47.6 Å². The van der Waals surface area contributed by atoms with Crippen molar-refractivity contribution in [1.82, 2.24) is 9.80 Å². The van der Waals surface area contributed by atoms with Crippen LogP contribution in [0.25, 0.3) is 0 Å². The summed E-state index contributed by atoms with van der Waals surface area (Å²) >= 11 is 0. The smallest absolute Gasteiger partial charge is 0.141 e. The maximum atomic E-state index is 5.79. The molecule has 0 aromatic carbocycles. The first-order valence-electron chi connectivity index (χ1n) is 6.78. The van der Waals surface area contributed by atoms with E-state index in [4.69, 9.17) is 4.74 Å². The molecule has 2 heterocycles. The van der Waals surface area contributed by atoms with Gasteiger partial charge in [0.2, 0.25) is 0 Å². The van der Waals surface area contributed by atoms with Gasteiger partial charge in [-0.25, -0.2) is 0 Å². The Labute approximate surface area is 111 Å². The minimum absolute atomic E-state index is 0.149. The van der Waals surface area contributed by atoms with E-state index in [0.717, 1.165) is 25.5 Å². The van der Waals surface area contributed by atoms with Crippen molar-refractivity contribution in [1.29, 1.82) is 0 Å². The summed E-state index contributed by atoms with van der Waals surface area (Å²) in [6.07, 6.45) is 4.27. The average molecular weight is 250 g/mol. The van der Waals surface area contributed by atoms with Gasteiger partial charge < -0.3 is 14.5 Å². The molecule has 0 saturated heterocycles. The highest BCUT2D eigenvalue weighted by Gasteiger charge is 2.33. The Hall–Kier alpha value is -1.12. The molecule has 0 spiro atoms. The van der Waals surface area contributed by atoms with Gasteiger partial charge in [-0.1, -0.05) is 0 Å². The topological polar surface area (TPSA) is 15.7 Å². The Bertz CT molecular complexity index is 382. The molecular formula is C15H26N2O. The van der Waals surface area contributed by atoms with Crippen LogP contribution in [0.1, 0.15) is 41.5 Å². The molecule has 18 heavy (non-hydrogen) atoms. The number of allylic oxidation sites excluding steroid dienone is 1. The maximum absolute atomic E-state index is 5.79. The Morgan fingerprint density at radius 3 is 2.28 bits per heavy atom. The quantitative estimate of drug-likeness (QED) is 0.657. The maximum Gasteiger partial charge on any atom is 0.141 e. The molecular weight excluding hydrogens is 224 g/mol. The Morgan fingerprint density at radius 1 is 1.06 bits per heavy atom. The molecule has 0 N–H and O–H groups in total. The molecule has 0 saturated carbocycles. The van der Waals surface area contributed by atoms with Crippen LogP contribution < -0.4 is 0 Å². The molecule has 3 nitrogen and oxygen atoms in total. The molecule has 2 rings (SSSR count). The third-order valence-corrected chi connectivity index (χ3v) is 3.58. The van der Waals surface area contributed by atoms with Crippen molar-refractivity contribution in [2.75, 3.05) is 19.7 Å². The zero-order valence-electron chi connectivity index (χ0n) is 12.6. The third kappa shape index (κ3) is 2.50. The fraction of sp³-hybridized carbons (Fsp3) is 0.733. The number of ether oxygens (including phenoxy) is 1. The van der Waals surface area contributed by atoms with E-state index >= 15 is 0 Å². The highest BCUT2D eigenvalue weighted by Crippen LogP contribution is 2.31. The average Bonchev–Trinajstić information content (AvgIpc) is 2.25. The lowest BCUT2D eigenvalue weighted by Gasteiger charge is -2.47. The molecule has 0 aromatic rings. The molecule has 0 amide bonds. The Kier molecular flexibility index (Phi) is 3.12. The van der Waals surface area contributed by atoms with Crippen LogP contribution in [0.5, 0.6) is 0 Å². The standard InChI is InChI=1S/C15H26N2O/c1-14(2,3)16-8-7-13-12(11-16)17(9-10-18-13)15(4,5)6/h7-8H,9-11H2,1-6H3. The van der Waals surface area contributed by atoms with Gasteiger partial charge in [-0.3, -0.25) is 0 Å². The molecule has 2 aliphatic rings. The van der Waals surface area contributed by atoms with Crippen molar-refractivity contribution in [2.45, 2.75) is 52.6 Å². The van der Waals surface area contributed by atoms with Crippen molar-refractivity contribution in [3.8, 4) is 0 Å². The van der Waals surface area contributed by atoms with Crippen LogP contribution in [-0.2, 0) is 4.74 Å². The van der Waals surface area contributed by atoms with E-state index in [0.29, 0.717) is 0 Å². The van der Waals surface area contributed by atoms with E-state index in [1.807, 2.05) is 0 Å². The van der Waals surface area contributed by atoms with Gasteiger partial charge >= 0.3 is 0 Å². The fourth-order valence-electron chi connectivity index (χ4n) is 2.48. The van der Waals surface area contributed by atoms with Crippen LogP contribution in [0.4, 0.5) is 0 Å². The van der Waals surface area contributed by atoms with Gasteiger partial charge in [0, 0.05) is 17.3 Å². The summed E-state index contributed by atoms with van der Waals surface area (Å²) in [5.41, 5.74) is 1.63. The van der Waals surface area contributed by atoms with E-state index in [-0.39, 0.29) is 11.1 Å². The minimum Gasteiger partial charge on any atom is -0.490 e. The van der Waals surface area contributed by atoms with Crippen LogP contribution in [0.3, 0.4) is 0 Å². The highest BCUT2D eigenvalue weighted by atomic mass is 16.5. The first-order valence-corrected chi connectivity index (χ1v) is 6.78. The third-order valence-electron chi connectivity index (χ3n) is 3.58. The van der Waals surface area contributed by atoms with Crippen LogP contribution >= 0.6 is 0 Å². The van der Waals surface area contributed by atoms with Gasteiger partial charge in [0.05, 0.1) is 18.8 Å². The second kappa shape index (κ2) is 4.22. The van der Waals surface area contributed by atoms with Crippen LogP contribution in [0, 0.1) is 0 Å². The lowest BCUT2D eigenvalue weighted by atomic mass is 10.00. The number of hydrogen-bond acceptors (Lipinski definition) is 3. The summed E-state index contributed by atoms with van der Waals surface area (Å²) < 4.78 is 5.79. The summed E-state index contributed by atoms with van der Waals surface area (Å²) in [5.74, 6) is 1.05. The Balaban J connectivity index is 2.28. The minimum atomic E-state index is 0.149. The van der Waals surface area contributed by atoms with Crippen molar-refractivity contribution in [3.63, 3.8) is 0 Å². The van der Waals surface area contributed by atoms with Gasteiger partial charge in [-0.15, -0.1) is 0 Å². The second-order valence-electron chi connectivity index (χ2n) is 7.10. The summed E-state index contributed by atoms with van der Waals surface area (Å²) in [5, 5.41) is 0. The predicted molar refractivity (Wildman–Crippen MR) is 75.0 cm³/mol. The zero-order chi connectivity index (χ0) is 13.6. The summed E-state index contributed by atoms with van der Waals surface area (Å²) in [4.78, 5) is 4.85. The van der Waals surface area contributed by atoms with E-state index in [1.54, 1.807) is 0 Å². The molecule has 0 aromatic heterocycles. The van der Waals surface area contributed by atoms with Gasteiger partial charge in [0.15, 0.2) is 0 Å². The highest BCUT2D eigenvalue weighted by molar-refractivity contribution is 5.28. The molecule has 0 atom stereocenters. The van der Waals surface area contributed by atoms with E-state index < -0.39 is 0 Å². The number of nitrogens with zero attached hydrogens (tertiary/aromatic N) is 2. The lowest BCUT2D eigenvalue weighted by Crippen LogP contribution is -2.51. The molecule has 0 radical (unpaired) electrons. The van der Waals surface area contributed by atoms with Crippen LogP contribution in [-0.4, -0.2) is 40.6 Å². The number of hydrogen-bond donors (Lipinski definition) is 0. The van der Waals surface area contributed by atoms with E-state index in [1.165, 1.54) is 5.70 Å². The summed E-state index contributed by atoms with van der Waals surface area (Å²) in [6, 6.07) is 0. The van der Waals surface area contributed by atoms with Crippen molar-refractivity contribution in [2.24, 2.45) is 0 Å². The molecule has 0 fully saturated rings. The van der Waals surface area contributed by atoms with E-state index in [2.05, 4.69) is 63.6 Å². The molecule has 2 aliphatic heterocycles. The predicted octanol–water partition coefficient (Wildman–Crippen LogP) is 2.96. The van der Waals surface area contributed by atoms with Crippen LogP contribution in [0.15, 0.2) is 23.7 Å². The molecule has 0 aliphatic carbocycles. The fourth-order valence-corrected chi connectivity index (χ4v) is 2.48. The SMILES string of the molecule is CC(C)(C)N1C=CC2=C(C1)N(C(C)(C)C)CCO2. The first-order chi connectivity index (χ1) is 8.19. The zero-order valence-corrected chi connectivity index (χ0v) is 12.6. The summed E-state index contributed by atoms with van der Waals surface area (Å²) in [6.45, 7) is 16.2.